The molecule has 1 aromatic rings. The average Bonchev–Trinajstić information content (AvgIpc) is 3.45. The maximum atomic E-state index is 13.1. The molecule has 0 spiro atoms. The molecule has 0 bridgehead atoms. The van der Waals surface area contributed by atoms with E-state index in [4.69, 9.17) is 27.4 Å². The van der Waals surface area contributed by atoms with Crippen molar-refractivity contribution in [3.8, 4) is 0 Å². The highest BCUT2D eigenvalue weighted by molar-refractivity contribution is 5.95. The summed E-state index contributed by atoms with van der Waals surface area (Å²) in [5.41, 5.74) is 16.5. The lowest BCUT2D eigenvalue weighted by atomic mass is 10.1. The number of aromatic amines is 1. The van der Waals surface area contributed by atoms with E-state index in [-0.39, 0.29) is 31.8 Å². The number of hydrogen-bond donors (Lipinski definition) is 11. The summed E-state index contributed by atoms with van der Waals surface area (Å²) in [6.07, 6.45) is 2.26. The quantitative estimate of drug-likeness (QED) is 0.0390. The van der Waals surface area contributed by atoms with Crippen LogP contribution in [0.1, 0.15) is 38.8 Å². The molecule has 0 radical (unpaired) electrons. The van der Waals surface area contributed by atoms with Gasteiger partial charge in [0.05, 0.1) is 25.3 Å². The maximum Gasteiger partial charge on any atom is 0.325 e. The number of aliphatic carboxylic acids is 2. The molecule has 0 saturated heterocycles. The molecule has 0 aromatic carbocycles. The predicted octanol–water partition coefficient (Wildman–Crippen LogP) is -5.01. The molecule has 0 aliphatic heterocycles. The molecule has 20 heteroatoms. The number of aromatic nitrogens is 2. The minimum absolute atomic E-state index is 0.00704. The molecule has 0 aliphatic rings. The van der Waals surface area contributed by atoms with Crippen LogP contribution in [0.3, 0.4) is 0 Å². The van der Waals surface area contributed by atoms with Gasteiger partial charge in [-0.3, -0.25) is 38.6 Å². The smallest absolute Gasteiger partial charge is 0.325 e. The van der Waals surface area contributed by atoms with Gasteiger partial charge in [0.25, 0.3) is 0 Å². The van der Waals surface area contributed by atoms with Crippen molar-refractivity contribution in [1.29, 1.82) is 0 Å². The van der Waals surface area contributed by atoms with Crippen LogP contribution in [-0.4, -0.2) is 111 Å². The van der Waals surface area contributed by atoms with Crippen LogP contribution in [0.5, 0.6) is 0 Å². The van der Waals surface area contributed by atoms with Gasteiger partial charge < -0.3 is 59.0 Å². The van der Waals surface area contributed by atoms with Crippen molar-refractivity contribution in [2.45, 2.75) is 69.7 Å². The monoisotopic (exact) mass is 625 g/mol. The third-order valence-electron chi connectivity index (χ3n) is 5.84. The van der Waals surface area contributed by atoms with Gasteiger partial charge in [0.1, 0.15) is 24.2 Å². The Balaban J connectivity index is 2.91. The number of hydrogen-bond acceptors (Lipinski definition) is 10. The molecule has 0 saturated carbocycles. The number of imidazole rings is 1. The molecule has 0 aliphatic carbocycles. The van der Waals surface area contributed by atoms with Crippen LogP contribution in [0.25, 0.3) is 0 Å². The predicted molar refractivity (Wildman–Crippen MR) is 152 cm³/mol. The van der Waals surface area contributed by atoms with Crippen LogP contribution in [0, 0.1) is 0 Å². The van der Waals surface area contributed by atoms with E-state index < -0.39 is 84.6 Å². The molecule has 20 nitrogen and oxygen atoms in total. The van der Waals surface area contributed by atoms with E-state index in [1.54, 1.807) is 0 Å². The van der Waals surface area contributed by atoms with Crippen molar-refractivity contribution >= 4 is 47.4 Å². The van der Waals surface area contributed by atoms with Gasteiger partial charge in [-0.25, -0.2) is 4.98 Å². The summed E-state index contributed by atoms with van der Waals surface area (Å²) >= 11 is 0. The Morgan fingerprint density at radius 3 is 2.11 bits per heavy atom. The molecule has 44 heavy (non-hydrogen) atoms. The van der Waals surface area contributed by atoms with Gasteiger partial charge in [-0.1, -0.05) is 0 Å². The number of nitrogens with two attached hydrogens (primary N) is 3. The standard InChI is InChI=1S/C24H39N11O9/c1-11(19(39)35-16(6-13-8-28-10-31-13)22(42)33-12(2)23(43)44)32-21(41)15(4-3-5-29-24(26)27)34-17(36)9-30-20(40)14(25)7-18(37)38/h8,10-12,14-16H,3-7,9,25H2,1-2H3,(H,28,31)(H,30,40)(H,32,41)(H,33,42)(H,34,36)(H,35,39)(H,37,38)(H,43,44)(H4,26,27,29)/t11-,12-,14-,15-,16-/m0/s1. The first-order chi connectivity index (χ1) is 20.6. The van der Waals surface area contributed by atoms with Crippen molar-refractivity contribution in [3.05, 3.63) is 18.2 Å². The van der Waals surface area contributed by atoms with Gasteiger partial charge >= 0.3 is 11.9 Å². The van der Waals surface area contributed by atoms with Crippen LogP contribution >= 0.6 is 0 Å². The molecule has 14 N–H and O–H groups in total. The fraction of sp³-hybridized carbons (Fsp3) is 0.542. The summed E-state index contributed by atoms with van der Waals surface area (Å²) in [5, 5.41) is 29.6. The van der Waals surface area contributed by atoms with Gasteiger partial charge in [-0.05, 0) is 26.7 Å². The van der Waals surface area contributed by atoms with E-state index in [0.29, 0.717) is 5.69 Å². The van der Waals surface area contributed by atoms with Gasteiger partial charge in [0.15, 0.2) is 5.96 Å². The summed E-state index contributed by atoms with van der Waals surface area (Å²) in [5.74, 6) is -6.89. The summed E-state index contributed by atoms with van der Waals surface area (Å²) < 4.78 is 0. The molecule has 5 atom stereocenters. The van der Waals surface area contributed by atoms with E-state index in [9.17, 15) is 33.6 Å². The summed E-state index contributed by atoms with van der Waals surface area (Å²) in [4.78, 5) is 95.5. The number of guanidine groups is 1. The van der Waals surface area contributed by atoms with Crippen LogP contribution in [0.15, 0.2) is 17.5 Å². The van der Waals surface area contributed by atoms with Gasteiger partial charge in [0, 0.05) is 24.9 Å². The Morgan fingerprint density at radius 1 is 0.909 bits per heavy atom. The van der Waals surface area contributed by atoms with Crippen molar-refractivity contribution in [2.24, 2.45) is 22.2 Å². The highest BCUT2D eigenvalue weighted by Gasteiger charge is 2.29. The van der Waals surface area contributed by atoms with E-state index in [1.165, 1.54) is 26.4 Å². The molecule has 1 heterocycles. The maximum absolute atomic E-state index is 13.1. The lowest BCUT2D eigenvalue weighted by molar-refractivity contribution is -0.141. The van der Waals surface area contributed by atoms with Crippen LogP contribution in [0.4, 0.5) is 0 Å². The van der Waals surface area contributed by atoms with E-state index in [0.717, 1.165) is 0 Å². The molecule has 0 fully saturated rings. The fourth-order valence-corrected chi connectivity index (χ4v) is 3.47. The number of nitrogens with zero attached hydrogens (tertiary/aromatic N) is 2. The lowest BCUT2D eigenvalue weighted by Gasteiger charge is -2.24. The van der Waals surface area contributed by atoms with Crippen molar-refractivity contribution in [3.63, 3.8) is 0 Å². The summed E-state index contributed by atoms with van der Waals surface area (Å²) in [7, 11) is 0. The van der Waals surface area contributed by atoms with E-state index >= 15 is 0 Å². The number of carbonyl (C=O) groups excluding carboxylic acids is 5. The second kappa shape index (κ2) is 18.3. The van der Waals surface area contributed by atoms with Gasteiger partial charge in [0.2, 0.25) is 29.5 Å². The minimum atomic E-state index is -1.40. The largest absolute Gasteiger partial charge is 0.481 e. The summed E-state index contributed by atoms with van der Waals surface area (Å²) in [6.45, 7) is 2.05. The Kier molecular flexibility index (Phi) is 15.3. The summed E-state index contributed by atoms with van der Waals surface area (Å²) in [6, 6.07) is -6.35. The van der Waals surface area contributed by atoms with Crippen LogP contribution in [-0.2, 0) is 40.0 Å². The number of H-pyrrole nitrogens is 1. The van der Waals surface area contributed by atoms with E-state index in [2.05, 4.69) is 41.5 Å². The average molecular weight is 626 g/mol. The number of carbonyl (C=O) groups is 7. The van der Waals surface area contributed by atoms with E-state index in [1.807, 2.05) is 0 Å². The number of carboxylic acids is 2. The minimum Gasteiger partial charge on any atom is -0.481 e. The Morgan fingerprint density at radius 2 is 1.55 bits per heavy atom. The molecule has 1 aromatic heterocycles. The number of carboxylic acid groups (broad SMARTS) is 2. The van der Waals surface area contributed by atoms with Gasteiger partial charge in [-0.15, -0.1) is 0 Å². The number of rotatable bonds is 19. The first-order valence-corrected chi connectivity index (χ1v) is 13.3. The second-order valence-corrected chi connectivity index (χ2v) is 9.63. The third kappa shape index (κ3) is 14.1. The second-order valence-electron chi connectivity index (χ2n) is 9.63. The first kappa shape index (κ1) is 36.8. The third-order valence-corrected chi connectivity index (χ3v) is 5.84. The van der Waals surface area contributed by atoms with Crippen molar-refractivity contribution in [2.75, 3.05) is 13.1 Å². The molecule has 244 valence electrons. The first-order valence-electron chi connectivity index (χ1n) is 13.3. The Hall–Kier alpha value is -5.27. The lowest BCUT2D eigenvalue weighted by Crippen LogP contribution is -2.57. The molecular weight excluding hydrogens is 586 g/mol. The van der Waals surface area contributed by atoms with Gasteiger partial charge in [-0.2, -0.15) is 0 Å². The topological polar surface area (TPSA) is 339 Å². The Labute approximate surface area is 251 Å². The van der Waals surface area contributed by atoms with Crippen LogP contribution in [0.2, 0.25) is 0 Å². The SMILES string of the molecule is C[C@H](NC(=O)[C@H](Cc1cnc[nH]1)NC(=O)[C@H](C)NC(=O)[C@H](CCCN=C(N)N)NC(=O)CNC(=O)[C@@H](N)CC(=O)O)C(=O)O. The molecule has 5 amide bonds. The fourth-order valence-electron chi connectivity index (χ4n) is 3.47. The van der Waals surface area contributed by atoms with Crippen LogP contribution < -0.4 is 43.8 Å². The zero-order chi connectivity index (χ0) is 33.4. The highest BCUT2D eigenvalue weighted by Crippen LogP contribution is 2.03. The zero-order valence-corrected chi connectivity index (χ0v) is 24.2. The normalized spacial score (nSPS) is 14.0. The zero-order valence-electron chi connectivity index (χ0n) is 24.2. The number of nitrogens with one attached hydrogen (secondary N) is 6. The van der Waals surface area contributed by atoms with Crippen molar-refractivity contribution < 1.29 is 43.8 Å². The number of amides is 5. The molecule has 1 rings (SSSR count). The van der Waals surface area contributed by atoms with Crippen molar-refractivity contribution in [1.82, 2.24) is 36.6 Å². The Bertz CT molecular complexity index is 1200. The molecule has 0 unspecified atom stereocenters. The molecular formula is C24H39N11O9. The number of aliphatic imine (C=N–C) groups is 1. The highest BCUT2D eigenvalue weighted by atomic mass is 16.4.